The number of carbonyl (C=O) groups is 1. The summed E-state index contributed by atoms with van der Waals surface area (Å²) < 4.78 is 44.7. The summed E-state index contributed by atoms with van der Waals surface area (Å²) in [5.41, 5.74) is 0.985. The highest BCUT2D eigenvalue weighted by Gasteiger charge is 2.42. The number of likely N-dealkylation sites (tertiary alicyclic amines) is 1. The highest BCUT2D eigenvalue weighted by atomic mass is 19.2. The molecule has 28 heavy (non-hydrogen) atoms. The molecular formula is C21H21F2NO4. The van der Waals surface area contributed by atoms with Gasteiger partial charge in [0.25, 0.3) is 0 Å². The van der Waals surface area contributed by atoms with Crippen LogP contribution >= 0.6 is 0 Å². The minimum Gasteiger partial charge on any atom is -0.493 e. The number of carbonyl (C=O) groups excluding carboxylic acids is 1. The number of nitrogens with zero attached hydrogens (tertiary/aromatic N) is 1. The lowest BCUT2D eigenvalue weighted by Gasteiger charge is -2.44. The smallest absolute Gasteiger partial charge is 0.227 e. The Bertz CT molecular complexity index is 880. The van der Waals surface area contributed by atoms with E-state index < -0.39 is 17.4 Å². The van der Waals surface area contributed by atoms with Crippen LogP contribution in [0.3, 0.4) is 0 Å². The third-order valence-corrected chi connectivity index (χ3v) is 5.31. The summed E-state index contributed by atoms with van der Waals surface area (Å²) in [7, 11) is 1.59. The van der Waals surface area contributed by atoms with E-state index in [2.05, 4.69) is 0 Å². The van der Waals surface area contributed by atoms with Gasteiger partial charge in [-0.2, -0.15) is 0 Å². The lowest BCUT2D eigenvalue weighted by Crippen LogP contribution is -2.52. The van der Waals surface area contributed by atoms with Crippen LogP contribution in [0.15, 0.2) is 36.4 Å². The summed E-state index contributed by atoms with van der Waals surface area (Å²) in [6.45, 7) is 1.25. The first-order chi connectivity index (χ1) is 13.5. The van der Waals surface area contributed by atoms with Crippen molar-refractivity contribution in [2.24, 2.45) is 0 Å². The number of benzene rings is 2. The van der Waals surface area contributed by atoms with Gasteiger partial charge in [-0.3, -0.25) is 4.79 Å². The predicted octanol–water partition coefficient (Wildman–Crippen LogP) is 3.44. The van der Waals surface area contributed by atoms with Crippen molar-refractivity contribution < 1.29 is 27.8 Å². The molecule has 0 aliphatic carbocycles. The maximum Gasteiger partial charge on any atom is 0.227 e. The molecule has 1 amide bonds. The van der Waals surface area contributed by atoms with Gasteiger partial charge in [0.15, 0.2) is 23.1 Å². The van der Waals surface area contributed by atoms with Crippen LogP contribution in [0.4, 0.5) is 8.78 Å². The van der Waals surface area contributed by atoms with Crippen LogP contribution in [0.5, 0.6) is 11.5 Å². The SMILES string of the molecule is COc1cccc2c1OC1(CCN(C(=O)Cc3cccc(F)c3F)CC1)OC2. The molecule has 0 N–H and O–H groups in total. The van der Waals surface area contributed by atoms with Crippen molar-refractivity contribution in [3.8, 4) is 11.5 Å². The third kappa shape index (κ3) is 3.42. The average Bonchev–Trinajstić information content (AvgIpc) is 2.71. The van der Waals surface area contributed by atoms with E-state index in [1.54, 1.807) is 12.0 Å². The number of halogens is 2. The standard InChI is InChI=1S/C21H21F2NO4/c1-26-17-7-3-5-15-13-27-21(28-20(15)17)8-10-24(11-9-21)18(25)12-14-4-2-6-16(22)19(14)23/h2-7H,8-13H2,1H3. The van der Waals surface area contributed by atoms with E-state index in [0.717, 1.165) is 11.6 Å². The van der Waals surface area contributed by atoms with Gasteiger partial charge in [0, 0.05) is 37.1 Å². The maximum atomic E-state index is 13.8. The van der Waals surface area contributed by atoms with Gasteiger partial charge in [0.1, 0.15) is 0 Å². The largest absolute Gasteiger partial charge is 0.493 e. The molecule has 2 aliphatic heterocycles. The molecule has 2 aromatic carbocycles. The second-order valence-corrected chi connectivity index (χ2v) is 7.02. The van der Waals surface area contributed by atoms with Crippen molar-refractivity contribution in [2.75, 3.05) is 20.2 Å². The van der Waals surface area contributed by atoms with Crippen LogP contribution in [-0.2, 0) is 22.6 Å². The molecule has 0 atom stereocenters. The Labute approximate surface area is 161 Å². The molecule has 5 nitrogen and oxygen atoms in total. The quantitative estimate of drug-likeness (QED) is 0.807. The molecule has 1 spiro atoms. The number of amides is 1. The predicted molar refractivity (Wildman–Crippen MR) is 97.0 cm³/mol. The van der Waals surface area contributed by atoms with E-state index in [1.165, 1.54) is 12.1 Å². The van der Waals surface area contributed by atoms with Crippen LogP contribution < -0.4 is 9.47 Å². The number of fused-ring (bicyclic) bond motifs is 1. The van der Waals surface area contributed by atoms with E-state index in [1.807, 2.05) is 18.2 Å². The molecule has 7 heteroatoms. The van der Waals surface area contributed by atoms with E-state index in [-0.39, 0.29) is 17.9 Å². The van der Waals surface area contributed by atoms with Crippen LogP contribution in [0.1, 0.15) is 24.0 Å². The zero-order valence-corrected chi connectivity index (χ0v) is 15.5. The number of methoxy groups -OCH3 is 1. The first-order valence-corrected chi connectivity index (χ1v) is 9.21. The zero-order chi connectivity index (χ0) is 19.7. The molecule has 0 radical (unpaired) electrons. The Morgan fingerprint density at radius 2 is 1.93 bits per heavy atom. The second-order valence-electron chi connectivity index (χ2n) is 7.02. The number of hydrogen-bond acceptors (Lipinski definition) is 4. The van der Waals surface area contributed by atoms with E-state index in [9.17, 15) is 13.6 Å². The monoisotopic (exact) mass is 389 g/mol. The van der Waals surface area contributed by atoms with Gasteiger partial charge in [-0.15, -0.1) is 0 Å². The summed E-state index contributed by atoms with van der Waals surface area (Å²) in [5.74, 6) is -1.62. The zero-order valence-electron chi connectivity index (χ0n) is 15.5. The van der Waals surface area contributed by atoms with Gasteiger partial charge in [-0.05, 0) is 12.1 Å². The Hall–Kier alpha value is -2.67. The van der Waals surface area contributed by atoms with Crippen molar-refractivity contribution in [3.05, 3.63) is 59.2 Å². The van der Waals surface area contributed by atoms with Crippen LogP contribution in [-0.4, -0.2) is 36.8 Å². The van der Waals surface area contributed by atoms with Crippen molar-refractivity contribution in [3.63, 3.8) is 0 Å². The molecule has 1 fully saturated rings. The summed E-state index contributed by atoms with van der Waals surface area (Å²) in [4.78, 5) is 14.2. The normalized spacial score (nSPS) is 17.8. The van der Waals surface area contributed by atoms with E-state index in [0.29, 0.717) is 44.0 Å². The van der Waals surface area contributed by atoms with Gasteiger partial charge in [-0.1, -0.05) is 24.3 Å². The van der Waals surface area contributed by atoms with Crippen molar-refractivity contribution in [1.29, 1.82) is 0 Å². The number of ether oxygens (including phenoxy) is 3. The lowest BCUT2D eigenvalue weighted by molar-refractivity contribution is -0.228. The molecule has 1 saturated heterocycles. The van der Waals surface area contributed by atoms with Crippen molar-refractivity contribution in [1.82, 2.24) is 4.90 Å². The second kappa shape index (κ2) is 7.39. The topological polar surface area (TPSA) is 48.0 Å². The Morgan fingerprint density at radius 1 is 1.18 bits per heavy atom. The highest BCUT2D eigenvalue weighted by Crippen LogP contribution is 2.42. The Morgan fingerprint density at radius 3 is 2.68 bits per heavy atom. The molecule has 148 valence electrons. The minimum atomic E-state index is -0.966. The number of piperidine rings is 1. The summed E-state index contributed by atoms with van der Waals surface area (Å²) in [6, 6.07) is 9.52. The van der Waals surface area contributed by atoms with Crippen LogP contribution in [0.25, 0.3) is 0 Å². The maximum absolute atomic E-state index is 13.8. The summed E-state index contributed by atoms with van der Waals surface area (Å²) >= 11 is 0. The van der Waals surface area contributed by atoms with Gasteiger partial charge in [0.2, 0.25) is 11.7 Å². The molecule has 0 aromatic heterocycles. The molecule has 2 aromatic rings. The fraction of sp³-hybridized carbons (Fsp3) is 0.381. The molecule has 0 unspecified atom stereocenters. The van der Waals surface area contributed by atoms with Gasteiger partial charge in [0.05, 0.1) is 20.1 Å². The van der Waals surface area contributed by atoms with Crippen LogP contribution in [0, 0.1) is 11.6 Å². The first kappa shape index (κ1) is 18.7. The van der Waals surface area contributed by atoms with Crippen molar-refractivity contribution >= 4 is 5.91 Å². The van der Waals surface area contributed by atoms with Crippen LogP contribution in [0.2, 0.25) is 0 Å². The molecular weight excluding hydrogens is 368 g/mol. The fourth-order valence-electron chi connectivity index (χ4n) is 3.68. The van der Waals surface area contributed by atoms with E-state index >= 15 is 0 Å². The van der Waals surface area contributed by atoms with Gasteiger partial charge in [-0.25, -0.2) is 8.78 Å². The molecule has 4 rings (SSSR count). The fourth-order valence-corrected chi connectivity index (χ4v) is 3.68. The molecule has 0 saturated carbocycles. The minimum absolute atomic E-state index is 0.0640. The number of para-hydroxylation sites is 1. The lowest BCUT2D eigenvalue weighted by atomic mass is 10.00. The number of rotatable bonds is 3. The van der Waals surface area contributed by atoms with Crippen molar-refractivity contribution in [2.45, 2.75) is 31.7 Å². The Balaban J connectivity index is 1.42. The van der Waals surface area contributed by atoms with E-state index in [4.69, 9.17) is 14.2 Å². The molecule has 2 aliphatic rings. The van der Waals surface area contributed by atoms with Gasteiger partial charge >= 0.3 is 0 Å². The average molecular weight is 389 g/mol. The Kier molecular flexibility index (Phi) is 4.93. The highest BCUT2D eigenvalue weighted by molar-refractivity contribution is 5.79. The van der Waals surface area contributed by atoms with Gasteiger partial charge < -0.3 is 19.1 Å². The first-order valence-electron chi connectivity index (χ1n) is 9.21. The molecule has 2 heterocycles. The molecule has 0 bridgehead atoms. The summed E-state index contributed by atoms with van der Waals surface area (Å²) in [5, 5.41) is 0. The summed E-state index contributed by atoms with van der Waals surface area (Å²) in [6.07, 6.45) is 0.804. The number of hydrogen-bond donors (Lipinski definition) is 0. The third-order valence-electron chi connectivity index (χ3n) is 5.31.